The van der Waals surface area contributed by atoms with Crippen LogP contribution in [-0.4, -0.2) is 22.3 Å². The van der Waals surface area contributed by atoms with Gasteiger partial charge in [0.25, 0.3) is 5.91 Å². The molecular weight excluding hydrogens is 328 g/mol. The Balaban J connectivity index is 1.85. The van der Waals surface area contributed by atoms with Gasteiger partial charge in [0.1, 0.15) is 5.75 Å². The first-order chi connectivity index (χ1) is 11.2. The molecule has 0 atom stereocenters. The normalized spacial score (nSPS) is 16.0. The zero-order valence-electron chi connectivity index (χ0n) is 12.4. The number of benzene rings is 2. The van der Waals surface area contributed by atoms with Crippen LogP contribution in [-0.2, 0) is 4.79 Å². The standard InChI is InChI=1S/C17H14N2O2S2/c1-21-14-10-6-5-7-12(14)11-15-16(20)19(17(22)23-15)18-13-8-3-2-4-9-13/h2-11,18H,1H3. The van der Waals surface area contributed by atoms with E-state index in [0.717, 1.165) is 11.3 Å². The van der Waals surface area contributed by atoms with Gasteiger partial charge in [0.2, 0.25) is 0 Å². The maximum Gasteiger partial charge on any atom is 0.285 e. The van der Waals surface area contributed by atoms with Crippen LogP contribution >= 0.6 is 24.0 Å². The van der Waals surface area contributed by atoms with Crippen molar-refractivity contribution in [2.24, 2.45) is 0 Å². The number of hydrogen-bond donors (Lipinski definition) is 1. The van der Waals surface area contributed by atoms with Crippen molar-refractivity contribution in [3.63, 3.8) is 0 Å². The quantitative estimate of drug-likeness (QED) is 0.674. The monoisotopic (exact) mass is 342 g/mol. The second kappa shape index (κ2) is 6.85. The van der Waals surface area contributed by atoms with Crippen molar-refractivity contribution in [2.45, 2.75) is 0 Å². The van der Waals surface area contributed by atoms with Gasteiger partial charge < -0.3 is 4.74 Å². The van der Waals surface area contributed by atoms with E-state index in [4.69, 9.17) is 17.0 Å². The van der Waals surface area contributed by atoms with Crippen molar-refractivity contribution in [1.29, 1.82) is 0 Å². The second-order valence-electron chi connectivity index (χ2n) is 4.74. The molecule has 23 heavy (non-hydrogen) atoms. The zero-order valence-corrected chi connectivity index (χ0v) is 14.0. The molecule has 1 heterocycles. The van der Waals surface area contributed by atoms with Crippen molar-refractivity contribution in [1.82, 2.24) is 5.01 Å². The van der Waals surface area contributed by atoms with E-state index in [1.807, 2.05) is 54.6 Å². The molecule has 0 spiro atoms. The van der Waals surface area contributed by atoms with E-state index < -0.39 is 0 Å². The minimum absolute atomic E-state index is 0.172. The highest BCUT2D eigenvalue weighted by atomic mass is 32.2. The summed E-state index contributed by atoms with van der Waals surface area (Å²) in [6, 6.07) is 17.0. The zero-order chi connectivity index (χ0) is 16.2. The van der Waals surface area contributed by atoms with Crippen LogP contribution in [0.25, 0.3) is 6.08 Å². The maximum atomic E-state index is 12.6. The topological polar surface area (TPSA) is 41.6 Å². The minimum Gasteiger partial charge on any atom is -0.496 e. The Bertz CT molecular complexity index is 775. The molecule has 0 saturated carbocycles. The van der Waals surface area contributed by atoms with Gasteiger partial charge in [0, 0.05) is 5.56 Å². The summed E-state index contributed by atoms with van der Waals surface area (Å²) in [5.74, 6) is 0.545. The summed E-state index contributed by atoms with van der Waals surface area (Å²) in [5, 5.41) is 1.39. The predicted octanol–water partition coefficient (Wildman–Crippen LogP) is 3.92. The van der Waals surface area contributed by atoms with E-state index in [9.17, 15) is 4.79 Å². The van der Waals surface area contributed by atoms with Crippen LogP contribution in [0, 0.1) is 0 Å². The molecule has 0 bridgehead atoms. The molecule has 1 N–H and O–H groups in total. The smallest absolute Gasteiger partial charge is 0.285 e. The molecule has 1 aliphatic rings. The first-order valence-electron chi connectivity index (χ1n) is 6.92. The minimum atomic E-state index is -0.172. The molecule has 1 amide bonds. The summed E-state index contributed by atoms with van der Waals surface area (Å²) in [7, 11) is 1.61. The van der Waals surface area contributed by atoms with Gasteiger partial charge in [-0.15, -0.1) is 0 Å². The Morgan fingerprint density at radius 1 is 1.13 bits per heavy atom. The summed E-state index contributed by atoms with van der Waals surface area (Å²) in [6.45, 7) is 0. The van der Waals surface area contributed by atoms with E-state index in [1.54, 1.807) is 13.2 Å². The van der Waals surface area contributed by atoms with E-state index in [1.165, 1.54) is 16.8 Å². The number of carbonyl (C=O) groups is 1. The number of anilines is 1. The van der Waals surface area contributed by atoms with Crippen molar-refractivity contribution >= 4 is 46.0 Å². The lowest BCUT2D eigenvalue weighted by molar-refractivity contribution is -0.121. The van der Waals surface area contributed by atoms with Crippen LogP contribution in [0.2, 0.25) is 0 Å². The number of carbonyl (C=O) groups excluding carboxylic acids is 1. The molecule has 0 aliphatic carbocycles. The molecule has 0 radical (unpaired) electrons. The lowest BCUT2D eigenvalue weighted by Gasteiger charge is -2.16. The van der Waals surface area contributed by atoms with E-state index in [0.29, 0.717) is 15.0 Å². The molecule has 2 aromatic rings. The van der Waals surface area contributed by atoms with Crippen molar-refractivity contribution in [2.75, 3.05) is 12.5 Å². The average molecular weight is 342 g/mol. The molecule has 1 aliphatic heterocycles. The van der Waals surface area contributed by atoms with Gasteiger partial charge in [-0.05, 0) is 36.5 Å². The number of thioether (sulfide) groups is 1. The second-order valence-corrected chi connectivity index (χ2v) is 6.41. The average Bonchev–Trinajstić information content (AvgIpc) is 2.84. The Morgan fingerprint density at radius 2 is 1.83 bits per heavy atom. The number of thiocarbonyl (C=S) groups is 1. The summed E-state index contributed by atoms with van der Waals surface area (Å²) in [5.41, 5.74) is 4.68. The number of rotatable bonds is 4. The van der Waals surface area contributed by atoms with Crippen molar-refractivity contribution < 1.29 is 9.53 Å². The van der Waals surface area contributed by atoms with Gasteiger partial charge in [-0.3, -0.25) is 10.2 Å². The number of ether oxygens (including phenoxy) is 1. The Labute approximate surface area is 144 Å². The number of hydrazine groups is 1. The summed E-state index contributed by atoms with van der Waals surface area (Å²) < 4.78 is 5.79. The lowest BCUT2D eigenvalue weighted by atomic mass is 10.2. The maximum absolute atomic E-state index is 12.6. The van der Waals surface area contributed by atoms with Crippen molar-refractivity contribution in [3.05, 3.63) is 65.1 Å². The van der Waals surface area contributed by atoms with Crippen LogP contribution in [0.15, 0.2) is 59.5 Å². The SMILES string of the molecule is COc1ccccc1C=C1SC(=S)N(Nc2ccccc2)C1=O. The number of hydrogen-bond acceptors (Lipinski definition) is 5. The van der Waals surface area contributed by atoms with E-state index in [-0.39, 0.29) is 5.91 Å². The number of nitrogens with one attached hydrogen (secondary N) is 1. The highest BCUT2D eigenvalue weighted by Crippen LogP contribution is 2.34. The highest BCUT2D eigenvalue weighted by Gasteiger charge is 2.32. The van der Waals surface area contributed by atoms with Crippen LogP contribution in [0.1, 0.15) is 5.56 Å². The molecule has 0 aromatic heterocycles. The molecule has 6 heteroatoms. The summed E-state index contributed by atoms with van der Waals surface area (Å²) in [4.78, 5) is 13.1. The third-order valence-corrected chi connectivity index (χ3v) is 4.54. The van der Waals surface area contributed by atoms with Crippen LogP contribution in [0.4, 0.5) is 5.69 Å². The fraction of sp³-hybridized carbons (Fsp3) is 0.0588. The molecule has 1 fully saturated rings. The molecule has 0 unspecified atom stereocenters. The fourth-order valence-corrected chi connectivity index (χ4v) is 3.30. The largest absolute Gasteiger partial charge is 0.496 e. The first kappa shape index (κ1) is 15.6. The van der Waals surface area contributed by atoms with Crippen LogP contribution in [0.5, 0.6) is 5.75 Å². The number of para-hydroxylation sites is 2. The number of nitrogens with zero attached hydrogens (tertiary/aromatic N) is 1. The van der Waals surface area contributed by atoms with Gasteiger partial charge in [0.05, 0.1) is 17.7 Å². The molecule has 1 saturated heterocycles. The van der Waals surface area contributed by atoms with Gasteiger partial charge in [-0.2, -0.15) is 0 Å². The van der Waals surface area contributed by atoms with Crippen LogP contribution in [0.3, 0.4) is 0 Å². The van der Waals surface area contributed by atoms with E-state index >= 15 is 0 Å². The Morgan fingerprint density at radius 3 is 2.57 bits per heavy atom. The summed E-state index contributed by atoms with van der Waals surface area (Å²) in [6.07, 6.45) is 1.80. The van der Waals surface area contributed by atoms with Gasteiger partial charge in [-0.1, -0.05) is 48.2 Å². The van der Waals surface area contributed by atoms with Crippen molar-refractivity contribution in [3.8, 4) is 5.75 Å². The highest BCUT2D eigenvalue weighted by molar-refractivity contribution is 8.26. The third-order valence-electron chi connectivity index (χ3n) is 3.23. The third kappa shape index (κ3) is 3.38. The Kier molecular flexibility index (Phi) is 4.64. The molecule has 3 rings (SSSR count). The van der Waals surface area contributed by atoms with E-state index in [2.05, 4.69) is 5.43 Å². The molecule has 116 valence electrons. The van der Waals surface area contributed by atoms with Gasteiger partial charge >= 0.3 is 0 Å². The Hall–Kier alpha value is -2.31. The lowest BCUT2D eigenvalue weighted by Crippen LogP contribution is -2.33. The summed E-state index contributed by atoms with van der Waals surface area (Å²) >= 11 is 6.57. The van der Waals surface area contributed by atoms with Gasteiger partial charge in [-0.25, -0.2) is 5.01 Å². The van der Waals surface area contributed by atoms with Crippen LogP contribution < -0.4 is 10.2 Å². The predicted molar refractivity (Wildman–Crippen MR) is 98.1 cm³/mol. The number of methoxy groups -OCH3 is 1. The molecule has 2 aromatic carbocycles. The number of amides is 1. The molecular formula is C17H14N2O2S2. The first-order valence-corrected chi connectivity index (χ1v) is 8.14. The van der Waals surface area contributed by atoms with Gasteiger partial charge in [0.15, 0.2) is 4.32 Å². The molecule has 4 nitrogen and oxygen atoms in total. The fourth-order valence-electron chi connectivity index (χ4n) is 2.13.